The Morgan fingerprint density at radius 3 is 3.05 bits per heavy atom. The van der Waals surface area contributed by atoms with Gasteiger partial charge in [0.25, 0.3) is 5.56 Å². The summed E-state index contributed by atoms with van der Waals surface area (Å²) in [6.07, 6.45) is 2.11. The molecular weight excluding hydrogens is 242 g/mol. The van der Waals surface area contributed by atoms with E-state index in [1.807, 2.05) is 24.3 Å². The maximum atomic E-state index is 12.1. The third kappa shape index (κ3) is 1.58. The first-order valence-corrected chi connectivity index (χ1v) is 6.48. The molecule has 0 saturated carbocycles. The molecule has 1 aliphatic rings. The molecule has 1 saturated heterocycles. The molecule has 0 bridgehead atoms. The Labute approximate surface area is 108 Å². The Bertz CT molecular complexity index is 812. The van der Waals surface area contributed by atoms with E-state index in [0.29, 0.717) is 22.5 Å². The molecule has 2 aromatic heterocycles. The number of para-hydroxylation sites is 1. The van der Waals surface area contributed by atoms with Crippen LogP contribution in [0, 0.1) is 0 Å². The second kappa shape index (κ2) is 3.93. The number of aromatic nitrogens is 2. The van der Waals surface area contributed by atoms with Crippen molar-refractivity contribution in [1.29, 1.82) is 0 Å². The van der Waals surface area contributed by atoms with Gasteiger partial charge in [-0.1, -0.05) is 12.1 Å². The Balaban J connectivity index is 2.03. The van der Waals surface area contributed by atoms with Crippen molar-refractivity contribution in [2.75, 3.05) is 6.54 Å². The summed E-state index contributed by atoms with van der Waals surface area (Å²) in [5.41, 5.74) is 1.46. The van der Waals surface area contributed by atoms with Crippen LogP contribution in [-0.4, -0.2) is 16.5 Å². The van der Waals surface area contributed by atoms with Crippen LogP contribution in [0.1, 0.15) is 24.7 Å². The molecule has 0 spiro atoms. The quantitative estimate of drug-likeness (QED) is 0.698. The van der Waals surface area contributed by atoms with Crippen LogP contribution in [-0.2, 0) is 0 Å². The lowest BCUT2D eigenvalue weighted by molar-refractivity contribution is 0.600. The number of rotatable bonds is 1. The number of furan rings is 1. The molecule has 0 amide bonds. The summed E-state index contributed by atoms with van der Waals surface area (Å²) < 4.78 is 5.57. The highest BCUT2D eigenvalue weighted by Gasteiger charge is 2.21. The molecule has 2 N–H and O–H groups in total. The van der Waals surface area contributed by atoms with Gasteiger partial charge in [-0.25, -0.2) is 4.98 Å². The number of aromatic amines is 1. The number of fused-ring (bicyclic) bond motifs is 3. The molecule has 96 valence electrons. The van der Waals surface area contributed by atoms with Gasteiger partial charge in [-0.2, -0.15) is 0 Å². The number of hydrogen-bond donors (Lipinski definition) is 2. The Morgan fingerprint density at radius 2 is 2.21 bits per heavy atom. The van der Waals surface area contributed by atoms with Crippen molar-refractivity contribution in [2.45, 2.75) is 18.9 Å². The first-order chi connectivity index (χ1) is 9.33. The van der Waals surface area contributed by atoms with Crippen LogP contribution in [0.2, 0.25) is 0 Å². The Hall–Kier alpha value is -2.14. The van der Waals surface area contributed by atoms with Gasteiger partial charge in [-0.05, 0) is 31.5 Å². The summed E-state index contributed by atoms with van der Waals surface area (Å²) >= 11 is 0. The van der Waals surface area contributed by atoms with E-state index in [1.165, 1.54) is 0 Å². The van der Waals surface area contributed by atoms with Gasteiger partial charge in [0.2, 0.25) is 5.58 Å². The summed E-state index contributed by atoms with van der Waals surface area (Å²) in [6, 6.07) is 7.74. The molecule has 3 aromatic rings. The summed E-state index contributed by atoms with van der Waals surface area (Å²) in [5.74, 6) is 0.710. The predicted molar refractivity (Wildman–Crippen MR) is 72.1 cm³/mol. The molecular formula is C14H13N3O2. The first kappa shape index (κ1) is 10.8. The molecule has 5 heteroatoms. The van der Waals surface area contributed by atoms with Crippen molar-refractivity contribution in [3.63, 3.8) is 0 Å². The molecule has 0 unspecified atom stereocenters. The number of nitrogens with zero attached hydrogens (tertiary/aromatic N) is 1. The van der Waals surface area contributed by atoms with Crippen LogP contribution >= 0.6 is 0 Å². The monoisotopic (exact) mass is 255 g/mol. The largest absolute Gasteiger partial charge is 0.449 e. The molecule has 3 heterocycles. The smallest absolute Gasteiger partial charge is 0.294 e. The van der Waals surface area contributed by atoms with Gasteiger partial charge >= 0.3 is 0 Å². The van der Waals surface area contributed by atoms with E-state index in [9.17, 15) is 4.79 Å². The number of benzene rings is 1. The standard InChI is InChI=1S/C14H13N3O2/c18-14-12-11(8-4-1-2-6-10(8)19-12)16-13(17-14)9-5-3-7-15-9/h1-2,4,6,9,15H,3,5,7H2,(H,16,17,18)/t9-/m0/s1. The molecule has 19 heavy (non-hydrogen) atoms. The average molecular weight is 255 g/mol. The molecule has 1 aliphatic heterocycles. The fraction of sp³-hybridized carbons (Fsp3) is 0.286. The maximum absolute atomic E-state index is 12.1. The molecule has 1 atom stereocenters. The fourth-order valence-corrected chi connectivity index (χ4v) is 2.70. The van der Waals surface area contributed by atoms with E-state index < -0.39 is 0 Å². The molecule has 0 aliphatic carbocycles. The maximum Gasteiger partial charge on any atom is 0.294 e. The minimum absolute atomic E-state index is 0.144. The van der Waals surface area contributed by atoms with Crippen LogP contribution in [0.15, 0.2) is 33.5 Å². The van der Waals surface area contributed by atoms with E-state index in [0.717, 1.165) is 24.8 Å². The van der Waals surface area contributed by atoms with Gasteiger partial charge in [0.1, 0.15) is 16.9 Å². The zero-order chi connectivity index (χ0) is 12.8. The Kier molecular flexibility index (Phi) is 2.22. The molecule has 1 fully saturated rings. The number of nitrogens with one attached hydrogen (secondary N) is 2. The van der Waals surface area contributed by atoms with Crippen LogP contribution < -0.4 is 10.9 Å². The third-order valence-corrected chi connectivity index (χ3v) is 3.64. The van der Waals surface area contributed by atoms with Crippen molar-refractivity contribution in [3.8, 4) is 0 Å². The topological polar surface area (TPSA) is 70.9 Å². The van der Waals surface area contributed by atoms with Gasteiger partial charge in [0, 0.05) is 5.39 Å². The van der Waals surface area contributed by atoms with Crippen molar-refractivity contribution in [1.82, 2.24) is 15.3 Å². The SMILES string of the molecule is O=c1[nH]c([C@@H]2CCCN2)nc2c1oc1ccccc12. The summed E-state index contributed by atoms with van der Waals surface area (Å²) in [5, 5.41) is 4.23. The predicted octanol–water partition coefficient (Wildman–Crippen LogP) is 2.09. The van der Waals surface area contributed by atoms with Crippen molar-refractivity contribution < 1.29 is 4.42 Å². The first-order valence-electron chi connectivity index (χ1n) is 6.48. The summed E-state index contributed by atoms with van der Waals surface area (Å²) in [4.78, 5) is 19.5. The van der Waals surface area contributed by atoms with E-state index in [2.05, 4.69) is 15.3 Å². The highest BCUT2D eigenvalue weighted by atomic mass is 16.3. The van der Waals surface area contributed by atoms with Crippen LogP contribution in [0.25, 0.3) is 22.1 Å². The molecule has 1 aromatic carbocycles. The van der Waals surface area contributed by atoms with Crippen molar-refractivity contribution >= 4 is 22.1 Å². The zero-order valence-electron chi connectivity index (χ0n) is 10.3. The zero-order valence-corrected chi connectivity index (χ0v) is 10.3. The van der Waals surface area contributed by atoms with Crippen LogP contribution in [0.3, 0.4) is 0 Å². The minimum Gasteiger partial charge on any atom is -0.449 e. The average Bonchev–Trinajstić information content (AvgIpc) is 3.06. The van der Waals surface area contributed by atoms with Crippen LogP contribution in [0.5, 0.6) is 0 Å². The van der Waals surface area contributed by atoms with Gasteiger partial charge in [0.05, 0.1) is 6.04 Å². The third-order valence-electron chi connectivity index (χ3n) is 3.64. The number of hydrogen-bond acceptors (Lipinski definition) is 4. The summed E-state index contributed by atoms with van der Waals surface area (Å²) in [7, 11) is 0. The van der Waals surface area contributed by atoms with Gasteiger partial charge < -0.3 is 14.7 Å². The highest BCUT2D eigenvalue weighted by molar-refractivity contribution is 6.01. The van der Waals surface area contributed by atoms with Crippen LogP contribution in [0.4, 0.5) is 0 Å². The normalized spacial score (nSPS) is 19.5. The Morgan fingerprint density at radius 1 is 1.32 bits per heavy atom. The van der Waals surface area contributed by atoms with E-state index >= 15 is 0 Å². The molecule has 5 nitrogen and oxygen atoms in total. The lowest BCUT2D eigenvalue weighted by Crippen LogP contribution is -2.20. The second-order valence-electron chi connectivity index (χ2n) is 4.88. The van der Waals surface area contributed by atoms with E-state index in [4.69, 9.17) is 4.42 Å². The summed E-state index contributed by atoms with van der Waals surface area (Å²) in [6.45, 7) is 0.971. The lowest BCUT2D eigenvalue weighted by Gasteiger charge is -2.08. The van der Waals surface area contributed by atoms with Crippen molar-refractivity contribution in [2.24, 2.45) is 0 Å². The van der Waals surface area contributed by atoms with Gasteiger partial charge in [-0.15, -0.1) is 0 Å². The van der Waals surface area contributed by atoms with E-state index in [-0.39, 0.29) is 11.6 Å². The minimum atomic E-state index is -0.204. The molecule has 0 radical (unpaired) electrons. The van der Waals surface area contributed by atoms with E-state index in [1.54, 1.807) is 0 Å². The second-order valence-corrected chi connectivity index (χ2v) is 4.88. The fourth-order valence-electron chi connectivity index (χ4n) is 2.70. The number of H-pyrrole nitrogens is 1. The highest BCUT2D eigenvalue weighted by Crippen LogP contribution is 2.26. The van der Waals surface area contributed by atoms with Gasteiger partial charge in [0.15, 0.2) is 0 Å². The van der Waals surface area contributed by atoms with Gasteiger partial charge in [-0.3, -0.25) is 4.79 Å². The molecule has 4 rings (SSSR count). The van der Waals surface area contributed by atoms with Crippen molar-refractivity contribution in [3.05, 3.63) is 40.4 Å². The lowest BCUT2D eigenvalue weighted by atomic mass is 10.2.